The number of amides is 1. The topological polar surface area (TPSA) is 68.8 Å². The highest BCUT2D eigenvalue weighted by Crippen LogP contribution is 2.26. The zero-order valence-electron chi connectivity index (χ0n) is 16.1. The van der Waals surface area contributed by atoms with Crippen molar-refractivity contribution >= 4 is 35.8 Å². The third-order valence-corrected chi connectivity index (χ3v) is 5.52. The Morgan fingerprint density at radius 1 is 1.08 bits per heavy atom. The minimum absolute atomic E-state index is 0. The van der Waals surface area contributed by atoms with Crippen molar-refractivity contribution in [3.8, 4) is 0 Å². The summed E-state index contributed by atoms with van der Waals surface area (Å²) in [6, 6.07) is 1.77. The van der Waals surface area contributed by atoms with Crippen LogP contribution in [0.3, 0.4) is 0 Å². The largest absolute Gasteiger partial charge is 0.357 e. The van der Waals surface area contributed by atoms with Gasteiger partial charge < -0.3 is 16.0 Å². The van der Waals surface area contributed by atoms with Crippen LogP contribution < -0.4 is 16.0 Å². The molecule has 150 valence electrons. The van der Waals surface area contributed by atoms with Crippen molar-refractivity contribution in [1.29, 1.82) is 0 Å². The molecule has 0 radical (unpaired) electrons. The van der Waals surface area contributed by atoms with E-state index in [1.165, 1.54) is 38.6 Å². The average Bonchev–Trinajstić information content (AvgIpc) is 3.07. The molecule has 1 unspecified atom stereocenters. The minimum Gasteiger partial charge on any atom is -0.357 e. The first-order valence-electron chi connectivity index (χ1n) is 10.3. The maximum atomic E-state index is 11.7. The molecule has 0 spiro atoms. The summed E-state index contributed by atoms with van der Waals surface area (Å²) in [6.45, 7) is 6.02. The van der Waals surface area contributed by atoms with Crippen LogP contribution >= 0.6 is 24.0 Å². The van der Waals surface area contributed by atoms with Gasteiger partial charge in [0.1, 0.15) is 0 Å². The third kappa shape index (κ3) is 7.21. The molecule has 6 nitrogen and oxygen atoms in total. The van der Waals surface area contributed by atoms with Gasteiger partial charge in [0.25, 0.3) is 0 Å². The molecule has 1 heterocycles. The lowest BCUT2D eigenvalue weighted by atomic mass is 10.2. The molecule has 2 saturated carbocycles. The molecule has 3 aliphatic rings. The van der Waals surface area contributed by atoms with E-state index in [9.17, 15) is 4.79 Å². The van der Waals surface area contributed by atoms with Gasteiger partial charge in [0.15, 0.2) is 5.96 Å². The molecule has 1 amide bonds. The highest BCUT2D eigenvalue weighted by molar-refractivity contribution is 14.0. The summed E-state index contributed by atoms with van der Waals surface area (Å²) in [7, 11) is 0. The Hall–Kier alpha value is -0.570. The van der Waals surface area contributed by atoms with Crippen LogP contribution in [0.25, 0.3) is 0 Å². The fraction of sp³-hybridized carbons (Fsp3) is 0.895. The Bertz CT molecular complexity index is 463. The van der Waals surface area contributed by atoms with Gasteiger partial charge in [-0.25, -0.2) is 0 Å². The van der Waals surface area contributed by atoms with Crippen LogP contribution in [-0.2, 0) is 4.79 Å². The number of carbonyl (C=O) groups is 1. The van der Waals surface area contributed by atoms with Crippen LogP contribution in [0.15, 0.2) is 4.99 Å². The van der Waals surface area contributed by atoms with Crippen LogP contribution in [0.5, 0.6) is 0 Å². The van der Waals surface area contributed by atoms with Crippen LogP contribution in [0, 0.1) is 0 Å². The van der Waals surface area contributed by atoms with E-state index in [1.807, 2.05) is 0 Å². The smallest absolute Gasteiger partial charge is 0.220 e. The van der Waals surface area contributed by atoms with Crippen molar-refractivity contribution in [2.45, 2.75) is 82.8 Å². The second-order valence-electron chi connectivity index (χ2n) is 7.77. The number of hydrogen-bond donors (Lipinski definition) is 3. The number of aliphatic imine (C=N–C) groups is 1. The predicted molar refractivity (Wildman–Crippen MR) is 117 cm³/mol. The Labute approximate surface area is 175 Å². The quantitative estimate of drug-likeness (QED) is 0.217. The summed E-state index contributed by atoms with van der Waals surface area (Å²) in [5.41, 5.74) is 0. The molecular weight excluding hydrogens is 441 g/mol. The lowest BCUT2D eigenvalue weighted by Gasteiger charge is -2.24. The Kier molecular flexibility index (Phi) is 9.45. The van der Waals surface area contributed by atoms with Crippen LogP contribution in [-0.4, -0.2) is 61.1 Å². The van der Waals surface area contributed by atoms with Gasteiger partial charge in [0.05, 0.1) is 0 Å². The fourth-order valence-corrected chi connectivity index (χ4v) is 3.98. The number of likely N-dealkylation sites (tertiary alicyclic amines) is 1. The van der Waals surface area contributed by atoms with Crippen molar-refractivity contribution in [3.05, 3.63) is 0 Å². The third-order valence-electron chi connectivity index (χ3n) is 5.52. The summed E-state index contributed by atoms with van der Waals surface area (Å²) in [5, 5.41) is 9.97. The highest BCUT2D eigenvalue weighted by atomic mass is 127. The molecule has 1 aliphatic heterocycles. The van der Waals surface area contributed by atoms with Gasteiger partial charge >= 0.3 is 0 Å². The van der Waals surface area contributed by atoms with E-state index in [0.717, 1.165) is 44.4 Å². The molecule has 26 heavy (non-hydrogen) atoms. The predicted octanol–water partition coefficient (Wildman–Crippen LogP) is 2.24. The maximum Gasteiger partial charge on any atom is 0.220 e. The van der Waals surface area contributed by atoms with E-state index in [2.05, 4.69) is 32.8 Å². The van der Waals surface area contributed by atoms with Gasteiger partial charge in [0.2, 0.25) is 5.91 Å². The lowest BCUT2D eigenvalue weighted by molar-refractivity contribution is -0.121. The average molecular weight is 477 g/mol. The Balaban J connectivity index is 0.00000243. The summed E-state index contributed by atoms with van der Waals surface area (Å²) < 4.78 is 0. The molecule has 3 rings (SSSR count). The highest BCUT2D eigenvalue weighted by Gasteiger charge is 2.30. The number of hydrogen-bond acceptors (Lipinski definition) is 3. The van der Waals surface area contributed by atoms with Crippen molar-refractivity contribution in [1.82, 2.24) is 20.9 Å². The van der Waals surface area contributed by atoms with Crippen molar-refractivity contribution in [2.75, 3.05) is 26.2 Å². The molecule has 1 saturated heterocycles. The fourth-order valence-electron chi connectivity index (χ4n) is 3.98. The molecule has 0 aromatic carbocycles. The number of nitrogens with one attached hydrogen (secondary N) is 3. The molecule has 0 aromatic rings. The summed E-state index contributed by atoms with van der Waals surface area (Å²) >= 11 is 0. The molecule has 7 heteroatoms. The minimum atomic E-state index is 0. The van der Waals surface area contributed by atoms with Crippen molar-refractivity contribution in [3.63, 3.8) is 0 Å². The number of guanidine groups is 1. The normalized spacial score (nSPS) is 24.3. The van der Waals surface area contributed by atoms with E-state index in [0.29, 0.717) is 25.0 Å². The second kappa shape index (κ2) is 11.3. The van der Waals surface area contributed by atoms with E-state index in [4.69, 9.17) is 0 Å². The molecule has 0 bridgehead atoms. The van der Waals surface area contributed by atoms with Gasteiger partial charge in [-0.1, -0.05) is 12.8 Å². The first-order chi connectivity index (χ1) is 12.2. The van der Waals surface area contributed by atoms with Crippen molar-refractivity contribution in [2.24, 2.45) is 4.99 Å². The monoisotopic (exact) mass is 477 g/mol. The molecule has 2 aliphatic carbocycles. The first-order valence-corrected chi connectivity index (χ1v) is 10.3. The molecule has 0 aromatic heterocycles. The zero-order valence-corrected chi connectivity index (χ0v) is 18.5. The van der Waals surface area contributed by atoms with Gasteiger partial charge in [-0.2, -0.15) is 0 Å². The first kappa shape index (κ1) is 21.7. The second-order valence-corrected chi connectivity index (χ2v) is 7.77. The maximum absolute atomic E-state index is 11.7. The van der Waals surface area contributed by atoms with E-state index in [1.54, 1.807) is 0 Å². The summed E-state index contributed by atoms with van der Waals surface area (Å²) in [4.78, 5) is 19.0. The number of carbonyl (C=O) groups excluding carboxylic acids is 1. The lowest BCUT2D eigenvalue weighted by Crippen LogP contribution is -2.45. The van der Waals surface area contributed by atoms with Crippen LogP contribution in [0.4, 0.5) is 0 Å². The summed E-state index contributed by atoms with van der Waals surface area (Å²) in [5.74, 6) is 1.09. The zero-order chi connectivity index (χ0) is 17.5. The van der Waals surface area contributed by atoms with Crippen LogP contribution in [0.1, 0.15) is 64.7 Å². The standard InChI is InChI=1S/C19H35N5O.HI/c1-2-20-19(21-12-5-8-18(25)22-15-9-10-15)23-16-11-13-24(14-16)17-6-3-4-7-17;/h15-17H,2-14H2,1H3,(H,22,25)(H2,20,21,23);1H. The Morgan fingerprint density at radius 3 is 2.54 bits per heavy atom. The number of nitrogens with zero attached hydrogens (tertiary/aromatic N) is 2. The van der Waals surface area contributed by atoms with Gasteiger partial charge in [-0.05, 0) is 45.4 Å². The van der Waals surface area contributed by atoms with Crippen molar-refractivity contribution < 1.29 is 4.79 Å². The van der Waals surface area contributed by atoms with Crippen LogP contribution in [0.2, 0.25) is 0 Å². The van der Waals surface area contributed by atoms with Gasteiger partial charge in [0, 0.05) is 50.7 Å². The number of halogens is 1. The van der Waals surface area contributed by atoms with E-state index >= 15 is 0 Å². The van der Waals surface area contributed by atoms with E-state index < -0.39 is 0 Å². The van der Waals surface area contributed by atoms with Gasteiger partial charge in [-0.15, -0.1) is 24.0 Å². The van der Waals surface area contributed by atoms with E-state index in [-0.39, 0.29) is 29.9 Å². The molecule has 3 N–H and O–H groups in total. The molecule has 3 fully saturated rings. The number of rotatable bonds is 8. The SMILES string of the molecule is CCNC(=NCCCC(=O)NC1CC1)NC1CCN(C2CCCC2)C1.I. The Morgan fingerprint density at radius 2 is 1.85 bits per heavy atom. The van der Waals surface area contributed by atoms with Gasteiger partial charge in [-0.3, -0.25) is 14.7 Å². The summed E-state index contributed by atoms with van der Waals surface area (Å²) in [6.07, 6.45) is 10.5. The molecule has 1 atom stereocenters. The molecular formula is C19H36IN5O.